The second-order valence-corrected chi connectivity index (χ2v) is 6.02. The summed E-state index contributed by atoms with van der Waals surface area (Å²) in [5, 5.41) is 5.89. The molecule has 6 nitrogen and oxygen atoms in total. The molecule has 2 aromatic carbocycles. The summed E-state index contributed by atoms with van der Waals surface area (Å²) < 4.78 is 6.09. The molecule has 1 aromatic heterocycles. The van der Waals surface area contributed by atoms with Crippen molar-refractivity contribution in [2.24, 2.45) is 0 Å². The number of rotatable bonds is 5. The summed E-state index contributed by atoms with van der Waals surface area (Å²) in [6.07, 6.45) is 2.94. The molecule has 0 aliphatic carbocycles. The smallest absolute Gasteiger partial charge is 0.275 e. The van der Waals surface area contributed by atoms with Crippen LogP contribution < -0.4 is 15.4 Å². The minimum Gasteiger partial charge on any atom is -0.497 e. The van der Waals surface area contributed by atoms with Gasteiger partial charge in [-0.1, -0.05) is 28.1 Å². The van der Waals surface area contributed by atoms with Crippen molar-refractivity contribution in [1.29, 1.82) is 0 Å². The van der Waals surface area contributed by atoms with E-state index in [1.54, 1.807) is 31.4 Å². The summed E-state index contributed by atoms with van der Waals surface area (Å²) in [5.74, 6) is 0.878. The highest BCUT2D eigenvalue weighted by Crippen LogP contribution is 2.19. The minimum absolute atomic E-state index is 0.225. The maximum Gasteiger partial charge on any atom is 0.275 e. The fraction of sp³-hybridized carbons (Fsp3) is 0.0556. The molecule has 0 aliphatic heterocycles. The van der Waals surface area contributed by atoms with Gasteiger partial charge >= 0.3 is 0 Å². The van der Waals surface area contributed by atoms with Gasteiger partial charge in [0, 0.05) is 21.9 Å². The molecule has 7 heteroatoms. The minimum atomic E-state index is -0.338. The van der Waals surface area contributed by atoms with Gasteiger partial charge in [0.2, 0.25) is 0 Å². The van der Waals surface area contributed by atoms with E-state index >= 15 is 0 Å². The number of halogens is 1. The van der Waals surface area contributed by atoms with E-state index in [-0.39, 0.29) is 11.6 Å². The van der Waals surface area contributed by atoms with Crippen molar-refractivity contribution in [3.63, 3.8) is 0 Å². The number of methoxy groups -OCH3 is 1. The highest BCUT2D eigenvalue weighted by molar-refractivity contribution is 9.10. The molecule has 1 amide bonds. The molecular weight excluding hydrogens is 384 g/mol. The zero-order valence-electron chi connectivity index (χ0n) is 13.4. The highest BCUT2D eigenvalue weighted by atomic mass is 79.9. The van der Waals surface area contributed by atoms with E-state index in [0.29, 0.717) is 17.3 Å². The lowest BCUT2D eigenvalue weighted by Gasteiger charge is -2.08. The number of amides is 1. The number of carbonyl (C=O) groups excluding carboxylic acids is 1. The second kappa shape index (κ2) is 7.76. The van der Waals surface area contributed by atoms with Crippen molar-refractivity contribution in [1.82, 2.24) is 9.97 Å². The number of carbonyl (C=O) groups is 1. The molecule has 126 valence electrons. The van der Waals surface area contributed by atoms with Crippen molar-refractivity contribution in [3.05, 3.63) is 71.1 Å². The summed E-state index contributed by atoms with van der Waals surface area (Å²) in [4.78, 5) is 20.6. The largest absolute Gasteiger partial charge is 0.497 e. The van der Waals surface area contributed by atoms with Crippen LogP contribution >= 0.6 is 15.9 Å². The van der Waals surface area contributed by atoms with E-state index in [9.17, 15) is 4.79 Å². The van der Waals surface area contributed by atoms with Gasteiger partial charge in [-0.05, 0) is 30.3 Å². The normalized spacial score (nSPS) is 10.2. The van der Waals surface area contributed by atoms with E-state index in [4.69, 9.17) is 4.74 Å². The monoisotopic (exact) mass is 398 g/mol. The van der Waals surface area contributed by atoms with Crippen LogP contribution in [0.4, 0.5) is 17.2 Å². The van der Waals surface area contributed by atoms with Gasteiger partial charge in [0.15, 0.2) is 0 Å². The molecular formula is C18H15BrN4O2. The van der Waals surface area contributed by atoms with Gasteiger partial charge in [0.25, 0.3) is 5.91 Å². The van der Waals surface area contributed by atoms with Crippen molar-refractivity contribution in [2.75, 3.05) is 17.7 Å². The number of aromatic nitrogens is 2. The predicted molar refractivity (Wildman–Crippen MR) is 100 cm³/mol. The molecule has 0 saturated carbocycles. The lowest BCUT2D eigenvalue weighted by Crippen LogP contribution is -2.14. The van der Waals surface area contributed by atoms with Crippen LogP contribution in [0, 0.1) is 0 Å². The summed E-state index contributed by atoms with van der Waals surface area (Å²) in [6, 6.07) is 14.8. The average molecular weight is 399 g/mol. The fourth-order valence-electron chi connectivity index (χ4n) is 2.12. The Labute approximate surface area is 153 Å². The van der Waals surface area contributed by atoms with Crippen LogP contribution in [-0.4, -0.2) is 23.0 Å². The molecule has 0 saturated heterocycles. The Kier molecular flexibility index (Phi) is 5.25. The van der Waals surface area contributed by atoms with E-state index < -0.39 is 0 Å². The molecule has 3 aromatic rings. The van der Waals surface area contributed by atoms with Crippen molar-refractivity contribution in [2.45, 2.75) is 0 Å². The third-order valence-corrected chi connectivity index (χ3v) is 3.80. The number of anilines is 3. The van der Waals surface area contributed by atoms with Crippen LogP contribution in [0.1, 0.15) is 10.5 Å². The first-order valence-corrected chi connectivity index (χ1v) is 8.23. The summed E-state index contributed by atoms with van der Waals surface area (Å²) in [6.45, 7) is 0. The molecule has 0 radical (unpaired) electrons. The fourth-order valence-corrected chi connectivity index (χ4v) is 2.52. The molecule has 25 heavy (non-hydrogen) atoms. The number of hydrogen-bond acceptors (Lipinski definition) is 5. The van der Waals surface area contributed by atoms with Crippen molar-refractivity contribution in [3.8, 4) is 5.75 Å². The Morgan fingerprint density at radius 3 is 2.56 bits per heavy atom. The summed E-state index contributed by atoms with van der Waals surface area (Å²) in [5.41, 5.74) is 1.72. The van der Waals surface area contributed by atoms with Crippen LogP contribution in [0.3, 0.4) is 0 Å². The zero-order valence-corrected chi connectivity index (χ0v) is 14.9. The number of benzene rings is 2. The third kappa shape index (κ3) is 4.54. The van der Waals surface area contributed by atoms with Gasteiger partial charge in [-0.25, -0.2) is 9.97 Å². The Bertz CT molecular complexity index is 884. The van der Waals surface area contributed by atoms with Gasteiger partial charge in [-0.3, -0.25) is 4.79 Å². The first-order chi connectivity index (χ1) is 12.1. The third-order valence-electron chi connectivity index (χ3n) is 3.31. The molecule has 2 N–H and O–H groups in total. The van der Waals surface area contributed by atoms with Gasteiger partial charge in [0.1, 0.15) is 17.3 Å². The average Bonchev–Trinajstić information content (AvgIpc) is 2.62. The summed E-state index contributed by atoms with van der Waals surface area (Å²) in [7, 11) is 1.57. The zero-order chi connectivity index (χ0) is 17.6. The standard InChI is InChI=1S/C18H15BrN4O2/c1-25-15-7-3-6-14(9-15)23-18(24)16-10-21-17(11-20-16)22-13-5-2-4-12(19)8-13/h2-11H,1H3,(H,21,22)(H,23,24). The SMILES string of the molecule is COc1cccc(NC(=O)c2cnc(Nc3cccc(Br)c3)cn2)c1. The second-order valence-electron chi connectivity index (χ2n) is 5.11. The van der Waals surface area contributed by atoms with Crippen molar-refractivity contribution < 1.29 is 9.53 Å². The Morgan fingerprint density at radius 1 is 1.04 bits per heavy atom. The first kappa shape index (κ1) is 16.9. The lowest BCUT2D eigenvalue weighted by atomic mass is 10.3. The van der Waals surface area contributed by atoms with E-state index in [0.717, 1.165) is 10.2 Å². The van der Waals surface area contributed by atoms with Crippen LogP contribution in [0.5, 0.6) is 5.75 Å². The maximum atomic E-state index is 12.2. The van der Waals surface area contributed by atoms with Crippen LogP contribution in [0.25, 0.3) is 0 Å². The Balaban J connectivity index is 1.67. The molecule has 0 atom stereocenters. The first-order valence-electron chi connectivity index (χ1n) is 7.44. The number of ether oxygens (including phenoxy) is 1. The number of hydrogen-bond donors (Lipinski definition) is 2. The van der Waals surface area contributed by atoms with E-state index in [1.807, 2.05) is 24.3 Å². The molecule has 0 spiro atoms. The van der Waals surface area contributed by atoms with Gasteiger partial charge in [-0.2, -0.15) is 0 Å². The van der Waals surface area contributed by atoms with Crippen LogP contribution in [0.2, 0.25) is 0 Å². The maximum absolute atomic E-state index is 12.2. The van der Waals surface area contributed by atoms with E-state index in [2.05, 4.69) is 36.5 Å². The molecule has 3 rings (SSSR count). The summed E-state index contributed by atoms with van der Waals surface area (Å²) >= 11 is 3.41. The predicted octanol–water partition coefficient (Wildman–Crippen LogP) is 4.24. The molecule has 1 heterocycles. The quantitative estimate of drug-likeness (QED) is 0.671. The molecule has 0 aliphatic rings. The van der Waals surface area contributed by atoms with E-state index in [1.165, 1.54) is 12.4 Å². The van der Waals surface area contributed by atoms with Crippen molar-refractivity contribution >= 4 is 39.0 Å². The van der Waals surface area contributed by atoms with Gasteiger partial charge in [-0.15, -0.1) is 0 Å². The topological polar surface area (TPSA) is 76.1 Å². The highest BCUT2D eigenvalue weighted by Gasteiger charge is 2.09. The Morgan fingerprint density at radius 2 is 1.84 bits per heavy atom. The molecule has 0 unspecified atom stereocenters. The molecule has 0 fully saturated rings. The van der Waals surface area contributed by atoms with Crippen LogP contribution in [-0.2, 0) is 0 Å². The Hall–Kier alpha value is -2.93. The number of nitrogens with zero attached hydrogens (tertiary/aromatic N) is 2. The van der Waals surface area contributed by atoms with Gasteiger partial charge < -0.3 is 15.4 Å². The number of nitrogens with one attached hydrogen (secondary N) is 2. The van der Waals surface area contributed by atoms with Gasteiger partial charge in [0.05, 0.1) is 19.5 Å². The lowest BCUT2D eigenvalue weighted by molar-refractivity contribution is 0.102. The molecule has 0 bridgehead atoms. The van der Waals surface area contributed by atoms with Crippen LogP contribution in [0.15, 0.2) is 65.4 Å².